The molecule has 2 amide bonds. The van der Waals surface area contributed by atoms with E-state index in [1.54, 1.807) is 6.07 Å². The SMILES string of the molecule is Cc1cc(Br)ccc1NC(=O)C(=O)NCCCN1CCOCC1. The number of morpholine rings is 1. The number of carbonyl (C=O) groups is 2. The molecular weight excluding hydrogens is 362 g/mol. The number of anilines is 1. The zero-order valence-corrected chi connectivity index (χ0v) is 14.8. The number of amides is 2. The van der Waals surface area contributed by atoms with Crippen LogP contribution in [-0.4, -0.2) is 56.1 Å². The summed E-state index contributed by atoms with van der Waals surface area (Å²) >= 11 is 3.36. The predicted octanol–water partition coefficient (Wildman–Crippen LogP) is 1.53. The van der Waals surface area contributed by atoms with E-state index in [2.05, 4.69) is 31.5 Å². The number of hydrogen-bond donors (Lipinski definition) is 2. The van der Waals surface area contributed by atoms with E-state index in [9.17, 15) is 9.59 Å². The lowest BCUT2D eigenvalue weighted by Gasteiger charge is -2.26. The van der Waals surface area contributed by atoms with Crippen molar-refractivity contribution in [1.82, 2.24) is 10.2 Å². The molecule has 1 aromatic rings. The number of aryl methyl sites for hydroxylation is 1. The van der Waals surface area contributed by atoms with Crippen LogP contribution in [0.1, 0.15) is 12.0 Å². The number of hydrogen-bond acceptors (Lipinski definition) is 4. The molecule has 0 saturated carbocycles. The summed E-state index contributed by atoms with van der Waals surface area (Å²) in [6, 6.07) is 5.47. The number of carbonyl (C=O) groups excluding carboxylic acids is 2. The monoisotopic (exact) mass is 383 g/mol. The van der Waals surface area contributed by atoms with Gasteiger partial charge in [0.25, 0.3) is 0 Å². The Morgan fingerprint density at radius 2 is 2.00 bits per heavy atom. The average Bonchev–Trinajstić information content (AvgIpc) is 2.55. The summed E-state index contributed by atoms with van der Waals surface area (Å²) in [5.41, 5.74) is 1.54. The van der Waals surface area contributed by atoms with E-state index in [1.165, 1.54) is 0 Å². The van der Waals surface area contributed by atoms with E-state index in [1.807, 2.05) is 19.1 Å². The van der Waals surface area contributed by atoms with Crippen molar-refractivity contribution in [3.8, 4) is 0 Å². The molecule has 23 heavy (non-hydrogen) atoms. The van der Waals surface area contributed by atoms with Crippen LogP contribution in [0.25, 0.3) is 0 Å². The van der Waals surface area contributed by atoms with Crippen LogP contribution in [0.5, 0.6) is 0 Å². The first-order valence-electron chi connectivity index (χ1n) is 7.71. The van der Waals surface area contributed by atoms with Gasteiger partial charge in [-0.15, -0.1) is 0 Å². The van der Waals surface area contributed by atoms with Crippen LogP contribution in [0.4, 0.5) is 5.69 Å². The lowest BCUT2D eigenvalue weighted by atomic mass is 10.2. The molecule has 0 atom stereocenters. The number of halogens is 1. The average molecular weight is 384 g/mol. The number of nitrogens with zero attached hydrogens (tertiary/aromatic N) is 1. The van der Waals surface area contributed by atoms with E-state index < -0.39 is 11.8 Å². The van der Waals surface area contributed by atoms with Gasteiger partial charge in [0, 0.05) is 29.8 Å². The van der Waals surface area contributed by atoms with Gasteiger partial charge in [0.1, 0.15) is 0 Å². The van der Waals surface area contributed by atoms with Crippen LogP contribution in [-0.2, 0) is 14.3 Å². The van der Waals surface area contributed by atoms with Gasteiger partial charge in [0.05, 0.1) is 13.2 Å². The number of ether oxygens (including phenoxy) is 1. The highest BCUT2D eigenvalue weighted by molar-refractivity contribution is 9.10. The Morgan fingerprint density at radius 3 is 2.70 bits per heavy atom. The van der Waals surface area contributed by atoms with Crippen molar-refractivity contribution in [3.63, 3.8) is 0 Å². The van der Waals surface area contributed by atoms with Gasteiger partial charge in [-0.05, 0) is 43.7 Å². The third kappa shape index (κ3) is 5.93. The topological polar surface area (TPSA) is 70.7 Å². The molecule has 6 nitrogen and oxygen atoms in total. The molecule has 0 aliphatic carbocycles. The molecule has 0 radical (unpaired) electrons. The van der Waals surface area contributed by atoms with Crippen molar-refractivity contribution < 1.29 is 14.3 Å². The van der Waals surface area contributed by atoms with Crippen LogP contribution in [0.2, 0.25) is 0 Å². The number of benzene rings is 1. The smallest absolute Gasteiger partial charge is 0.313 e. The molecule has 0 spiro atoms. The normalized spacial score (nSPS) is 15.2. The zero-order chi connectivity index (χ0) is 16.7. The summed E-state index contributed by atoms with van der Waals surface area (Å²) in [6.07, 6.45) is 0.816. The highest BCUT2D eigenvalue weighted by atomic mass is 79.9. The summed E-state index contributed by atoms with van der Waals surface area (Å²) in [6.45, 7) is 6.65. The highest BCUT2D eigenvalue weighted by Crippen LogP contribution is 2.19. The molecule has 1 aliphatic rings. The fraction of sp³-hybridized carbons (Fsp3) is 0.500. The van der Waals surface area contributed by atoms with Crippen LogP contribution in [0.3, 0.4) is 0 Å². The first-order chi connectivity index (χ1) is 11.1. The maximum Gasteiger partial charge on any atom is 0.313 e. The fourth-order valence-corrected chi connectivity index (χ4v) is 2.83. The van der Waals surface area contributed by atoms with Crippen molar-refractivity contribution >= 4 is 33.4 Å². The van der Waals surface area contributed by atoms with E-state index in [0.29, 0.717) is 12.2 Å². The molecule has 0 unspecified atom stereocenters. The Kier molecular flexibility index (Phi) is 7.01. The van der Waals surface area contributed by atoms with Crippen molar-refractivity contribution in [1.29, 1.82) is 0 Å². The van der Waals surface area contributed by atoms with Crippen molar-refractivity contribution in [2.75, 3.05) is 44.7 Å². The third-order valence-corrected chi connectivity index (χ3v) is 4.18. The quantitative estimate of drug-likeness (QED) is 0.597. The Labute approximate surface area is 144 Å². The molecule has 1 saturated heterocycles. The van der Waals surface area contributed by atoms with Gasteiger partial charge < -0.3 is 15.4 Å². The summed E-state index contributed by atoms with van der Waals surface area (Å²) in [4.78, 5) is 26.0. The number of rotatable bonds is 5. The van der Waals surface area contributed by atoms with E-state index in [-0.39, 0.29) is 0 Å². The van der Waals surface area contributed by atoms with Crippen molar-refractivity contribution in [2.45, 2.75) is 13.3 Å². The standard InChI is InChI=1S/C16H22BrN3O3/c1-12-11-13(17)3-4-14(12)19-16(22)15(21)18-5-2-6-20-7-9-23-10-8-20/h3-4,11H,2,5-10H2,1H3,(H,18,21)(H,19,22). The molecule has 126 valence electrons. The predicted molar refractivity (Wildman–Crippen MR) is 92.4 cm³/mol. The Bertz CT molecular complexity index is 560. The maximum absolute atomic E-state index is 11.9. The molecule has 2 N–H and O–H groups in total. The summed E-state index contributed by atoms with van der Waals surface area (Å²) in [7, 11) is 0. The molecule has 1 fully saturated rings. The van der Waals surface area contributed by atoms with Crippen LogP contribution in [0, 0.1) is 6.92 Å². The van der Waals surface area contributed by atoms with Gasteiger partial charge in [-0.1, -0.05) is 15.9 Å². The second-order valence-electron chi connectivity index (χ2n) is 5.48. The Balaban J connectivity index is 1.69. The lowest BCUT2D eigenvalue weighted by molar-refractivity contribution is -0.136. The third-order valence-electron chi connectivity index (χ3n) is 3.68. The van der Waals surface area contributed by atoms with Crippen molar-refractivity contribution in [3.05, 3.63) is 28.2 Å². The molecule has 2 rings (SSSR count). The van der Waals surface area contributed by atoms with Gasteiger partial charge in [-0.3, -0.25) is 14.5 Å². The summed E-state index contributed by atoms with van der Waals surface area (Å²) in [5.74, 6) is -1.24. The Hall–Kier alpha value is -1.44. The largest absolute Gasteiger partial charge is 0.379 e. The lowest BCUT2D eigenvalue weighted by Crippen LogP contribution is -2.39. The second kappa shape index (κ2) is 9.00. The second-order valence-corrected chi connectivity index (χ2v) is 6.39. The van der Waals surface area contributed by atoms with Crippen LogP contribution in [0.15, 0.2) is 22.7 Å². The van der Waals surface area contributed by atoms with Gasteiger partial charge in [-0.2, -0.15) is 0 Å². The van der Waals surface area contributed by atoms with E-state index in [0.717, 1.165) is 49.3 Å². The van der Waals surface area contributed by atoms with Gasteiger partial charge in [0.2, 0.25) is 0 Å². The minimum Gasteiger partial charge on any atom is -0.379 e. The van der Waals surface area contributed by atoms with Crippen molar-refractivity contribution in [2.24, 2.45) is 0 Å². The maximum atomic E-state index is 11.9. The molecule has 0 aromatic heterocycles. The molecular formula is C16H22BrN3O3. The Morgan fingerprint density at radius 1 is 1.26 bits per heavy atom. The highest BCUT2D eigenvalue weighted by Gasteiger charge is 2.15. The minimum atomic E-state index is -0.637. The summed E-state index contributed by atoms with van der Waals surface area (Å²) in [5, 5.41) is 5.28. The van der Waals surface area contributed by atoms with E-state index in [4.69, 9.17) is 4.74 Å². The van der Waals surface area contributed by atoms with Gasteiger partial charge >= 0.3 is 11.8 Å². The molecule has 1 aliphatic heterocycles. The molecule has 1 heterocycles. The minimum absolute atomic E-state index is 0.489. The van der Waals surface area contributed by atoms with Gasteiger partial charge in [-0.25, -0.2) is 0 Å². The molecule has 7 heteroatoms. The summed E-state index contributed by atoms with van der Waals surface area (Å²) < 4.78 is 6.21. The van der Waals surface area contributed by atoms with Crippen LogP contribution < -0.4 is 10.6 Å². The molecule has 1 aromatic carbocycles. The zero-order valence-electron chi connectivity index (χ0n) is 13.2. The van der Waals surface area contributed by atoms with E-state index >= 15 is 0 Å². The molecule has 0 bridgehead atoms. The number of nitrogens with one attached hydrogen (secondary N) is 2. The van der Waals surface area contributed by atoms with Crippen LogP contribution >= 0.6 is 15.9 Å². The first kappa shape index (κ1) is 17.9. The first-order valence-corrected chi connectivity index (χ1v) is 8.51. The fourth-order valence-electron chi connectivity index (χ4n) is 2.36. The van der Waals surface area contributed by atoms with Gasteiger partial charge in [0.15, 0.2) is 0 Å².